The van der Waals surface area contributed by atoms with Crippen LogP contribution < -0.4 is 5.32 Å². The largest absolute Gasteiger partial charge is 0.340 e. The third kappa shape index (κ3) is 2.96. The number of nitrogens with one attached hydrogen (secondary N) is 1. The lowest BCUT2D eigenvalue weighted by Crippen LogP contribution is -2.28. The number of nitrogens with zero attached hydrogens (tertiary/aromatic N) is 1. The van der Waals surface area contributed by atoms with E-state index in [0.29, 0.717) is 5.56 Å². The number of hydrogen-bond donors (Lipinski definition) is 1. The standard InChI is InChI=1S/C19H14N2OS2/c22-19(14-8-9-15-17(11-14)24-12-20-15)21-18(16-7-4-10-23-16)13-5-2-1-3-6-13/h1-12,18H,(H,21,22)/t18-/m0/s1. The van der Waals surface area contributed by atoms with E-state index in [4.69, 9.17) is 0 Å². The molecule has 0 aliphatic rings. The molecule has 2 heterocycles. The van der Waals surface area contributed by atoms with Crippen molar-refractivity contribution >= 4 is 38.8 Å². The Balaban J connectivity index is 1.65. The Bertz CT molecular complexity index is 961. The number of thiophene rings is 1. The van der Waals surface area contributed by atoms with Crippen molar-refractivity contribution in [3.8, 4) is 0 Å². The molecule has 0 unspecified atom stereocenters. The molecule has 1 N–H and O–H groups in total. The van der Waals surface area contributed by atoms with Gasteiger partial charge in [-0.3, -0.25) is 4.79 Å². The molecule has 24 heavy (non-hydrogen) atoms. The molecule has 4 aromatic rings. The predicted octanol–water partition coefficient (Wildman–Crippen LogP) is 4.88. The third-order valence-electron chi connectivity index (χ3n) is 3.83. The monoisotopic (exact) mass is 350 g/mol. The molecule has 118 valence electrons. The topological polar surface area (TPSA) is 42.0 Å². The molecule has 2 aromatic carbocycles. The summed E-state index contributed by atoms with van der Waals surface area (Å²) in [7, 11) is 0. The molecular formula is C19H14N2OS2. The third-order valence-corrected chi connectivity index (χ3v) is 5.56. The zero-order valence-electron chi connectivity index (χ0n) is 12.7. The van der Waals surface area contributed by atoms with Gasteiger partial charge in [-0.1, -0.05) is 36.4 Å². The Morgan fingerprint density at radius 1 is 1.00 bits per heavy atom. The minimum absolute atomic E-state index is 0.0763. The van der Waals surface area contributed by atoms with Gasteiger partial charge in [0.15, 0.2) is 0 Å². The van der Waals surface area contributed by atoms with Gasteiger partial charge in [0.1, 0.15) is 0 Å². The Labute approximate surface area is 147 Å². The SMILES string of the molecule is O=C(N[C@@H](c1ccccc1)c1cccs1)c1ccc2ncsc2c1. The van der Waals surface area contributed by atoms with Crippen LogP contribution in [0.1, 0.15) is 26.8 Å². The summed E-state index contributed by atoms with van der Waals surface area (Å²) in [5, 5.41) is 5.19. The van der Waals surface area contributed by atoms with E-state index in [1.54, 1.807) is 28.2 Å². The van der Waals surface area contributed by atoms with Crippen LogP contribution in [0.4, 0.5) is 0 Å². The summed E-state index contributed by atoms with van der Waals surface area (Å²) in [4.78, 5) is 18.1. The maximum absolute atomic E-state index is 12.8. The van der Waals surface area contributed by atoms with Crippen molar-refractivity contribution in [2.45, 2.75) is 6.04 Å². The molecule has 4 rings (SSSR count). The summed E-state index contributed by atoms with van der Waals surface area (Å²) in [5.74, 6) is -0.0763. The first-order valence-corrected chi connectivity index (χ1v) is 9.29. The maximum Gasteiger partial charge on any atom is 0.252 e. The van der Waals surface area contributed by atoms with Crippen LogP contribution in [0.2, 0.25) is 0 Å². The summed E-state index contributed by atoms with van der Waals surface area (Å²) in [6.45, 7) is 0. The van der Waals surface area contributed by atoms with E-state index in [9.17, 15) is 4.79 Å². The quantitative estimate of drug-likeness (QED) is 0.570. The number of aromatic nitrogens is 1. The molecule has 0 aliphatic heterocycles. The molecular weight excluding hydrogens is 336 g/mol. The van der Waals surface area contributed by atoms with Crippen LogP contribution in [-0.4, -0.2) is 10.9 Å². The summed E-state index contributed by atoms with van der Waals surface area (Å²) in [6, 6.07) is 19.6. The number of thiazole rings is 1. The number of carbonyl (C=O) groups excluding carboxylic acids is 1. The second-order valence-electron chi connectivity index (χ2n) is 5.37. The van der Waals surface area contributed by atoms with Crippen LogP contribution in [0.3, 0.4) is 0 Å². The first kappa shape index (κ1) is 15.1. The molecule has 0 saturated heterocycles. The minimum atomic E-state index is -0.143. The molecule has 3 nitrogen and oxygen atoms in total. The Morgan fingerprint density at radius 2 is 1.88 bits per heavy atom. The van der Waals surface area contributed by atoms with Crippen molar-refractivity contribution in [1.82, 2.24) is 10.3 Å². The summed E-state index contributed by atoms with van der Waals surface area (Å²) >= 11 is 3.19. The van der Waals surface area contributed by atoms with Gasteiger partial charge in [-0.15, -0.1) is 22.7 Å². The number of amides is 1. The van der Waals surface area contributed by atoms with Crippen LogP contribution in [0.15, 0.2) is 71.6 Å². The average Bonchev–Trinajstić information content (AvgIpc) is 3.31. The summed E-state index contributed by atoms with van der Waals surface area (Å²) < 4.78 is 1.02. The molecule has 2 aromatic heterocycles. The van der Waals surface area contributed by atoms with Gasteiger partial charge in [-0.25, -0.2) is 4.98 Å². The predicted molar refractivity (Wildman–Crippen MR) is 99.7 cm³/mol. The van der Waals surface area contributed by atoms with Crippen LogP contribution >= 0.6 is 22.7 Å². The smallest absolute Gasteiger partial charge is 0.252 e. The van der Waals surface area contributed by atoms with Crippen molar-refractivity contribution in [2.75, 3.05) is 0 Å². The second-order valence-corrected chi connectivity index (χ2v) is 7.23. The van der Waals surface area contributed by atoms with Crippen LogP contribution in [0.25, 0.3) is 10.2 Å². The van der Waals surface area contributed by atoms with E-state index >= 15 is 0 Å². The summed E-state index contributed by atoms with van der Waals surface area (Å²) in [6.07, 6.45) is 0. The van der Waals surface area contributed by atoms with E-state index in [1.807, 2.05) is 60.0 Å². The fourth-order valence-electron chi connectivity index (χ4n) is 2.63. The van der Waals surface area contributed by atoms with Crippen molar-refractivity contribution in [3.63, 3.8) is 0 Å². The van der Waals surface area contributed by atoms with Gasteiger partial charge in [0.2, 0.25) is 0 Å². The highest BCUT2D eigenvalue weighted by atomic mass is 32.1. The van der Waals surface area contributed by atoms with Crippen LogP contribution in [0, 0.1) is 0 Å². The highest BCUT2D eigenvalue weighted by molar-refractivity contribution is 7.16. The first-order chi connectivity index (χ1) is 11.8. The second kappa shape index (κ2) is 6.55. The van der Waals surface area contributed by atoms with Crippen LogP contribution in [-0.2, 0) is 0 Å². The van der Waals surface area contributed by atoms with Crippen molar-refractivity contribution in [3.05, 3.63) is 87.6 Å². The molecule has 0 saturated carbocycles. The van der Waals surface area contributed by atoms with E-state index in [2.05, 4.69) is 16.4 Å². The molecule has 0 spiro atoms. The Kier molecular flexibility index (Phi) is 4.11. The van der Waals surface area contributed by atoms with Gasteiger partial charge in [-0.2, -0.15) is 0 Å². The van der Waals surface area contributed by atoms with Gasteiger partial charge < -0.3 is 5.32 Å². The van der Waals surface area contributed by atoms with E-state index in [-0.39, 0.29) is 11.9 Å². The van der Waals surface area contributed by atoms with Gasteiger partial charge in [0.25, 0.3) is 5.91 Å². The van der Waals surface area contributed by atoms with Gasteiger partial charge >= 0.3 is 0 Å². The van der Waals surface area contributed by atoms with Crippen LogP contribution in [0.5, 0.6) is 0 Å². The number of rotatable bonds is 4. The number of fused-ring (bicyclic) bond motifs is 1. The number of benzene rings is 2. The van der Waals surface area contributed by atoms with Crippen molar-refractivity contribution in [1.29, 1.82) is 0 Å². The average molecular weight is 350 g/mol. The fraction of sp³-hybridized carbons (Fsp3) is 0.0526. The number of hydrogen-bond acceptors (Lipinski definition) is 4. The Morgan fingerprint density at radius 3 is 2.67 bits per heavy atom. The molecule has 0 fully saturated rings. The van der Waals surface area contributed by atoms with E-state index in [0.717, 1.165) is 20.7 Å². The normalized spacial score (nSPS) is 12.2. The highest BCUT2D eigenvalue weighted by Gasteiger charge is 2.19. The lowest BCUT2D eigenvalue weighted by atomic mass is 10.0. The molecule has 5 heteroatoms. The van der Waals surface area contributed by atoms with Crippen molar-refractivity contribution < 1.29 is 4.79 Å². The molecule has 0 bridgehead atoms. The van der Waals surface area contributed by atoms with E-state index in [1.165, 1.54) is 0 Å². The van der Waals surface area contributed by atoms with Gasteiger partial charge in [-0.05, 0) is 35.2 Å². The molecule has 1 atom stereocenters. The fourth-order valence-corrected chi connectivity index (χ4v) is 4.15. The summed E-state index contributed by atoms with van der Waals surface area (Å²) in [5.41, 5.74) is 4.45. The zero-order chi connectivity index (χ0) is 16.4. The lowest BCUT2D eigenvalue weighted by Gasteiger charge is -2.18. The van der Waals surface area contributed by atoms with Gasteiger partial charge in [0.05, 0.1) is 21.8 Å². The molecule has 1 amide bonds. The molecule has 0 aliphatic carbocycles. The molecule has 0 radical (unpaired) electrons. The Hall–Kier alpha value is -2.50. The maximum atomic E-state index is 12.8. The minimum Gasteiger partial charge on any atom is -0.340 e. The van der Waals surface area contributed by atoms with Gasteiger partial charge in [0, 0.05) is 10.4 Å². The zero-order valence-corrected chi connectivity index (χ0v) is 14.3. The lowest BCUT2D eigenvalue weighted by molar-refractivity contribution is 0.0943. The highest BCUT2D eigenvalue weighted by Crippen LogP contribution is 2.27. The first-order valence-electron chi connectivity index (χ1n) is 7.54. The van der Waals surface area contributed by atoms with Crippen molar-refractivity contribution in [2.24, 2.45) is 0 Å². The number of carbonyl (C=O) groups is 1. The van der Waals surface area contributed by atoms with E-state index < -0.39 is 0 Å².